The SMILES string of the molecule is CC1CC(C)(C)C1.CC1CC(C)(C)C1.CC1CC(C)C1C.CC1CCC1(C)C.CC1C[C@H](C)C1C.CCC1(C)CCC1.CCC1CC(C)C1.CCC1CC(C)C1.CCC1CCC1C.C[C@H]1CCC1(C)C. The standard InChI is InChI=1S/10C7H14/c2*1-6-4-7(2,3)5-6;2*1-6-4-5-7(6,2)3;2*1-5-4-6(2)7(5)3;2*1-3-7-4-6(2)5-7;1-3-7(2)5-4-6-7;1-3-7-5-4-6(7)2/h4*6H,4-5H2,1-3H3;2*5-7H,4H2,1-3H3;2*6-7H,3-5H2,1-2H3;3-6H2,1-2H3;6-7H,3-5H2,1-2H3/t;;6-;;5-,6?,7?;;;;;/m..0.0...../s1. The van der Waals surface area contributed by atoms with Crippen molar-refractivity contribution in [1.29, 1.82) is 0 Å². The molecule has 9 atom stereocenters. The van der Waals surface area contributed by atoms with Gasteiger partial charge < -0.3 is 0 Å². The Balaban J connectivity index is 0.000000389. The molecular weight excluding hydrogens is 841 g/mol. The van der Waals surface area contributed by atoms with Gasteiger partial charge in [0.1, 0.15) is 0 Å². The largest absolute Gasteiger partial charge is 0.0651 e. The van der Waals surface area contributed by atoms with Crippen LogP contribution in [0.5, 0.6) is 0 Å². The van der Waals surface area contributed by atoms with E-state index in [-0.39, 0.29) is 0 Å². The number of hydrogen-bond acceptors (Lipinski definition) is 0. The first kappa shape index (κ1) is 68.0. The van der Waals surface area contributed by atoms with E-state index >= 15 is 0 Å². The van der Waals surface area contributed by atoms with Gasteiger partial charge in [-0.3, -0.25) is 0 Å². The first-order valence-electron chi connectivity index (χ1n) is 32.1. The van der Waals surface area contributed by atoms with E-state index in [1.165, 1.54) is 148 Å². The van der Waals surface area contributed by atoms with Crippen LogP contribution in [0, 0.1) is 122 Å². The molecule has 0 heterocycles. The summed E-state index contributed by atoms with van der Waals surface area (Å²) in [4.78, 5) is 0. The Labute approximate surface area is 447 Å². The lowest BCUT2D eigenvalue weighted by atomic mass is 9.64. The first-order valence-corrected chi connectivity index (χ1v) is 32.1. The molecule has 420 valence electrons. The third-order valence-electron chi connectivity index (χ3n) is 22.6. The molecule has 10 fully saturated rings. The second-order valence-corrected chi connectivity index (χ2v) is 31.8. The summed E-state index contributed by atoms with van der Waals surface area (Å²) in [5.74, 6) is 16.4. The highest BCUT2D eigenvalue weighted by Crippen LogP contribution is 2.47. The van der Waals surface area contributed by atoms with Gasteiger partial charge in [-0.15, -0.1) is 0 Å². The highest BCUT2D eigenvalue weighted by Gasteiger charge is 2.36. The zero-order chi connectivity index (χ0) is 54.0. The van der Waals surface area contributed by atoms with E-state index in [1.807, 2.05) is 0 Å². The van der Waals surface area contributed by atoms with Crippen molar-refractivity contribution in [2.45, 2.75) is 328 Å². The van der Waals surface area contributed by atoms with Crippen LogP contribution in [-0.2, 0) is 0 Å². The van der Waals surface area contributed by atoms with E-state index in [1.54, 1.807) is 0 Å². The van der Waals surface area contributed by atoms with Crippen LogP contribution in [0.15, 0.2) is 0 Å². The molecule has 0 aromatic carbocycles. The van der Waals surface area contributed by atoms with Crippen molar-refractivity contribution in [2.24, 2.45) is 122 Å². The molecule has 0 aromatic heterocycles. The molecule has 0 nitrogen and oxygen atoms in total. The molecule has 0 bridgehead atoms. The van der Waals surface area contributed by atoms with Crippen LogP contribution in [0.3, 0.4) is 0 Å². The Morgan fingerprint density at radius 2 is 0.657 bits per heavy atom. The maximum Gasteiger partial charge on any atom is -0.0328 e. The van der Waals surface area contributed by atoms with Crippen LogP contribution >= 0.6 is 0 Å². The Hall–Kier alpha value is 0. The minimum Gasteiger partial charge on any atom is -0.0651 e. The highest BCUT2D eigenvalue weighted by atomic mass is 14.4. The van der Waals surface area contributed by atoms with Crippen LogP contribution in [0.4, 0.5) is 0 Å². The van der Waals surface area contributed by atoms with Crippen molar-refractivity contribution in [3.05, 3.63) is 0 Å². The van der Waals surface area contributed by atoms with Gasteiger partial charge in [-0.1, -0.05) is 219 Å². The minimum atomic E-state index is 0.681. The smallest absolute Gasteiger partial charge is 0.0328 e. The summed E-state index contributed by atoms with van der Waals surface area (Å²) in [6.07, 6.45) is 33.4. The van der Waals surface area contributed by atoms with E-state index in [0.717, 1.165) is 100 Å². The van der Waals surface area contributed by atoms with E-state index < -0.39 is 0 Å². The fourth-order valence-corrected chi connectivity index (χ4v) is 13.7. The number of hydrogen-bond donors (Lipinski definition) is 0. The molecule has 10 aliphatic carbocycles. The predicted octanol–water partition coefficient (Wildman–Crippen LogP) is 24.3. The molecule has 70 heavy (non-hydrogen) atoms. The van der Waals surface area contributed by atoms with Crippen LogP contribution in [0.25, 0.3) is 0 Å². The monoisotopic (exact) mass is 981 g/mol. The molecule has 10 rings (SSSR count). The topological polar surface area (TPSA) is 0 Å². The van der Waals surface area contributed by atoms with Crippen molar-refractivity contribution in [3.63, 3.8) is 0 Å². The third-order valence-corrected chi connectivity index (χ3v) is 22.6. The summed E-state index contributed by atoms with van der Waals surface area (Å²) in [6.45, 7) is 60.7. The minimum absolute atomic E-state index is 0.681. The first-order chi connectivity index (χ1) is 32.1. The van der Waals surface area contributed by atoms with Crippen LogP contribution in [0.1, 0.15) is 328 Å². The lowest BCUT2D eigenvalue weighted by Gasteiger charge is -2.42. The molecule has 10 aliphatic rings. The van der Waals surface area contributed by atoms with Gasteiger partial charge in [0.15, 0.2) is 0 Å². The van der Waals surface area contributed by atoms with E-state index in [4.69, 9.17) is 0 Å². The highest BCUT2D eigenvalue weighted by molar-refractivity contribution is 4.87. The average Bonchev–Trinajstić information content (AvgIpc) is 3.25. The maximum atomic E-state index is 2.39. The van der Waals surface area contributed by atoms with Gasteiger partial charge in [0, 0.05) is 0 Å². The van der Waals surface area contributed by atoms with E-state index in [9.17, 15) is 0 Å². The van der Waals surface area contributed by atoms with Gasteiger partial charge in [0.05, 0.1) is 0 Å². The van der Waals surface area contributed by atoms with Gasteiger partial charge in [-0.05, 0) is 231 Å². The maximum absolute atomic E-state index is 2.39. The zero-order valence-electron chi connectivity index (χ0n) is 54.0. The van der Waals surface area contributed by atoms with Crippen LogP contribution in [0.2, 0.25) is 0 Å². The molecular formula is C70H140. The number of rotatable bonds is 4. The lowest BCUT2D eigenvalue weighted by Crippen LogP contribution is -2.31. The molecule has 0 amide bonds. The summed E-state index contributed by atoms with van der Waals surface area (Å²) >= 11 is 0. The lowest BCUT2D eigenvalue weighted by molar-refractivity contribution is 0.0891. The van der Waals surface area contributed by atoms with Gasteiger partial charge in [-0.2, -0.15) is 0 Å². The summed E-state index contributed by atoms with van der Waals surface area (Å²) in [6, 6.07) is 0. The van der Waals surface area contributed by atoms with Crippen LogP contribution < -0.4 is 0 Å². The van der Waals surface area contributed by atoms with Gasteiger partial charge in [0.25, 0.3) is 0 Å². The van der Waals surface area contributed by atoms with Gasteiger partial charge in [-0.25, -0.2) is 0 Å². The molecule has 0 heteroatoms. The Kier molecular flexibility index (Phi) is 30.4. The molecule has 0 aliphatic heterocycles. The normalized spacial score (nSPS) is 38.3. The summed E-state index contributed by atoms with van der Waals surface area (Å²) in [5, 5.41) is 0. The zero-order valence-corrected chi connectivity index (χ0v) is 54.0. The fourth-order valence-electron chi connectivity index (χ4n) is 13.7. The third kappa shape index (κ3) is 25.2. The average molecular weight is 982 g/mol. The van der Waals surface area contributed by atoms with Crippen molar-refractivity contribution in [3.8, 4) is 0 Å². The molecule has 0 saturated heterocycles. The van der Waals surface area contributed by atoms with Crippen molar-refractivity contribution >= 4 is 0 Å². The summed E-state index contributed by atoms with van der Waals surface area (Å²) in [7, 11) is 0. The second kappa shape index (κ2) is 31.3. The van der Waals surface area contributed by atoms with Crippen molar-refractivity contribution in [1.82, 2.24) is 0 Å². The predicted molar refractivity (Wildman–Crippen MR) is 322 cm³/mol. The summed E-state index contributed by atoms with van der Waals surface area (Å²) in [5.41, 5.74) is 3.51. The van der Waals surface area contributed by atoms with E-state index in [0.29, 0.717) is 21.7 Å². The second-order valence-electron chi connectivity index (χ2n) is 31.8. The molecule has 7 unspecified atom stereocenters. The van der Waals surface area contributed by atoms with Crippen LogP contribution in [-0.4, -0.2) is 0 Å². The molecule has 0 spiro atoms. The molecule has 0 aromatic rings. The van der Waals surface area contributed by atoms with Gasteiger partial charge >= 0.3 is 0 Å². The van der Waals surface area contributed by atoms with E-state index in [2.05, 4.69) is 180 Å². The molecule has 10 saturated carbocycles. The Bertz CT molecular complexity index is 1180. The Morgan fingerprint density at radius 3 is 0.671 bits per heavy atom. The molecule has 0 radical (unpaired) electrons. The van der Waals surface area contributed by atoms with Crippen molar-refractivity contribution in [2.75, 3.05) is 0 Å². The fraction of sp³-hybridized carbons (Fsp3) is 1.00. The quantitative estimate of drug-likeness (QED) is 0.263. The summed E-state index contributed by atoms with van der Waals surface area (Å²) < 4.78 is 0. The van der Waals surface area contributed by atoms with Gasteiger partial charge in [0.2, 0.25) is 0 Å². The van der Waals surface area contributed by atoms with Crippen molar-refractivity contribution < 1.29 is 0 Å². The Morgan fingerprint density at radius 1 is 0.343 bits per heavy atom. The molecule has 0 N–H and O–H groups in total.